The number of aryl methyl sites for hydroxylation is 2. The lowest BCUT2D eigenvalue weighted by Gasteiger charge is -2.09. The molecule has 0 aliphatic rings. The number of benzene rings is 2. The van der Waals surface area contributed by atoms with Gasteiger partial charge in [0.2, 0.25) is 0 Å². The molecule has 100 valence electrons. The Kier molecular flexibility index (Phi) is 4.85. The Hall–Kier alpha value is -1.96. The fraction of sp³-hybridized carbons (Fsp3) is 0.294. The van der Waals surface area contributed by atoms with Gasteiger partial charge in [-0.25, -0.2) is 0 Å². The predicted molar refractivity (Wildman–Crippen MR) is 80.5 cm³/mol. The molecule has 0 radical (unpaired) electrons. The lowest BCUT2D eigenvalue weighted by atomic mass is 10.1. The summed E-state index contributed by atoms with van der Waals surface area (Å²) in [5.74, 6) is 0.939. The van der Waals surface area contributed by atoms with Gasteiger partial charge in [0.25, 0.3) is 0 Å². The van der Waals surface area contributed by atoms with E-state index in [0.29, 0.717) is 0 Å². The number of hydrogen-bond acceptors (Lipinski definition) is 2. The fourth-order valence-corrected chi connectivity index (χ4v) is 2.09. The highest BCUT2D eigenvalue weighted by atomic mass is 16.5. The van der Waals surface area contributed by atoms with Crippen molar-refractivity contribution in [2.24, 2.45) is 0 Å². The molecule has 0 saturated carbocycles. The van der Waals surface area contributed by atoms with E-state index in [1.54, 1.807) is 0 Å². The number of anilines is 1. The molecule has 2 aromatic rings. The molecule has 0 heterocycles. The number of hydrogen-bond donors (Lipinski definition) is 1. The molecule has 0 atom stereocenters. The average molecular weight is 255 g/mol. The molecule has 0 bridgehead atoms. The van der Waals surface area contributed by atoms with Gasteiger partial charge >= 0.3 is 0 Å². The Bertz CT molecular complexity index is 508. The van der Waals surface area contributed by atoms with E-state index >= 15 is 0 Å². The maximum Gasteiger partial charge on any atom is 0.122 e. The maximum absolute atomic E-state index is 5.77. The van der Waals surface area contributed by atoms with Gasteiger partial charge in [-0.1, -0.05) is 30.3 Å². The van der Waals surface area contributed by atoms with Gasteiger partial charge in [-0.15, -0.1) is 0 Å². The highest BCUT2D eigenvalue weighted by Crippen LogP contribution is 2.20. The van der Waals surface area contributed by atoms with E-state index in [0.717, 1.165) is 42.9 Å². The zero-order chi connectivity index (χ0) is 13.5. The zero-order valence-corrected chi connectivity index (χ0v) is 11.4. The summed E-state index contributed by atoms with van der Waals surface area (Å²) in [6, 6.07) is 16.3. The molecule has 0 aliphatic heterocycles. The molecule has 2 heteroatoms. The van der Waals surface area contributed by atoms with E-state index in [2.05, 4.69) is 30.3 Å². The largest absolute Gasteiger partial charge is 0.493 e. The summed E-state index contributed by atoms with van der Waals surface area (Å²) in [6.07, 6.45) is 3.33. The van der Waals surface area contributed by atoms with Crippen LogP contribution in [0, 0.1) is 6.92 Å². The van der Waals surface area contributed by atoms with Crippen molar-refractivity contribution in [3.63, 3.8) is 0 Å². The Labute approximate surface area is 115 Å². The monoisotopic (exact) mass is 255 g/mol. The quantitative estimate of drug-likeness (QED) is 0.626. The van der Waals surface area contributed by atoms with Crippen LogP contribution in [0.25, 0.3) is 0 Å². The van der Waals surface area contributed by atoms with Gasteiger partial charge < -0.3 is 10.5 Å². The lowest BCUT2D eigenvalue weighted by Crippen LogP contribution is -2.00. The summed E-state index contributed by atoms with van der Waals surface area (Å²) >= 11 is 0. The molecule has 0 fully saturated rings. The van der Waals surface area contributed by atoms with Gasteiger partial charge in [0.05, 0.1) is 6.61 Å². The third-order valence-corrected chi connectivity index (χ3v) is 3.16. The molecular formula is C17H21NO. The van der Waals surface area contributed by atoms with Crippen LogP contribution in [0.1, 0.15) is 24.0 Å². The highest BCUT2D eigenvalue weighted by molar-refractivity contribution is 5.47. The van der Waals surface area contributed by atoms with Crippen LogP contribution in [0.5, 0.6) is 5.75 Å². The molecule has 0 unspecified atom stereocenters. The van der Waals surface area contributed by atoms with Crippen molar-refractivity contribution in [3.8, 4) is 5.75 Å². The Morgan fingerprint density at radius 3 is 2.53 bits per heavy atom. The number of ether oxygens (including phenoxy) is 1. The number of rotatable bonds is 6. The first-order valence-electron chi connectivity index (χ1n) is 6.78. The maximum atomic E-state index is 5.77. The van der Waals surface area contributed by atoms with Gasteiger partial charge in [0.15, 0.2) is 0 Å². The average Bonchev–Trinajstić information content (AvgIpc) is 2.42. The van der Waals surface area contributed by atoms with E-state index in [4.69, 9.17) is 10.5 Å². The third kappa shape index (κ3) is 4.32. The van der Waals surface area contributed by atoms with Crippen molar-refractivity contribution in [2.45, 2.75) is 26.2 Å². The number of nitrogens with two attached hydrogens (primary N) is 1. The summed E-state index contributed by atoms with van der Waals surface area (Å²) in [4.78, 5) is 0. The first-order valence-corrected chi connectivity index (χ1v) is 6.78. The number of unbranched alkanes of at least 4 members (excludes halogenated alkanes) is 1. The molecular weight excluding hydrogens is 234 g/mol. The minimum atomic E-state index is 0.761. The van der Waals surface area contributed by atoms with Crippen molar-refractivity contribution >= 4 is 5.69 Å². The van der Waals surface area contributed by atoms with Gasteiger partial charge in [-0.2, -0.15) is 0 Å². The van der Waals surface area contributed by atoms with Crippen LogP contribution in [-0.2, 0) is 6.42 Å². The van der Waals surface area contributed by atoms with Gasteiger partial charge in [-0.05, 0) is 55.5 Å². The zero-order valence-electron chi connectivity index (χ0n) is 11.4. The van der Waals surface area contributed by atoms with E-state index in [-0.39, 0.29) is 0 Å². The minimum Gasteiger partial charge on any atom is -0.493 e. The molecule has 0 spiro atoms. The Morgan fingerprint density at radius 2 is 1.79 bits per heavy atom. The second-order valence-electron chi connectivity index (χ2n) is 4.82. The molecule has 0 saturated heterocycles. The SMILES string of the molecule is Cc1cc(N)ccc1OCCCCc1ccccc1. The molecule has 2 N–H and O–H groups in total. The fourth-order valence-electron chi connectivity index (χ4n) is 2.09. The van der Waals surface area contributed by atoms with E-state index in [9.17, 15) is 0 Å². The summed E-state index contributed by atoms with van der Waals surface area (Å²) in [6.45, 7) is 2.78. The first kappa shape index (κ1) is 13.5. The predicted octanol–water partition coefficient (Wildman–Crippen LogP) is 3.98. The molecule has 2 aromatic carbocycles. The van der Waals surface area contributed by atoms with E-state index in [1.807, 2.05) is 25.1 Å². The van der Waals surface area contributed by atoms with Crippen LogP contribution in [0.4, 0.5) is 5.69 Å². The van der Waals surface area contributed by atoms with Crippen molar-refractivity contribution < 1.29 is 4.74 Å². The Morgan fingerprint density at radius 1 is 1.00 bits per heavy atom. The summed E-state index contributed by atoms with van der Waals surface area (Å²) in [5, 5.41) is 0. The van der Waals surface area contributed by atoms with Crippen LogP contribution in [-0.4, -0.2) is 6.61 Å². The summed E-state index contributed by atoms with van der Waals surface area (Å²) in [5.41, 5.74) is 8.99. The summed E-state index contributed by atoms with van der Waals surface area (Å²) < 4.78 is 5.77. The minimum absolute atomic E-state index is 0.761. The lowest BCUT2D eigenvalue weighted by molar-refractivity contribution is 0.305. The normalized spacial score (nSPS) is 10.4. The summed E-state index contributed by atoms with van der Waals surface area (Å²) in [7, 11) is 0. The second kappa shape index (κ2) is 6.83. The number of nitrogen functional groups attached to an aromatic ring is 1. The standard InChI is InChI=1S/C17H21NO/c1-14-13-16(18)10-11-17(14)19-12-6-5-9-15-7-3-2-4-8-15/h2-4,7-8,10-11,13H,5-6,9,12,18H2,1H3. The molecule has 2 rings (SSSR count). The first-order chi connectivity index (χ1) is 9.25. The van der Waals surface area contributed by atoms with Crippen LogP contribution in [0.15, 0.2) is 48.5 Å². The van der Waals surface area contributed by atoms with Crippen molar-refractivity contribution in [2.75, 3.05) is 12.3 Å². The molecule has 19 heavy (non-hydrogen) atoms. The second-order valence-corrected chi connectivity index (χ2v) is 4.82. The van der Waals surface area contributed by atoms with Crippen LogP contribution < -0.4 is 10.5 Å². The van der Waals surface area contributed by atoms with Gasteiger partial charge in [0, 0.05) is 5.69 Å². The topological polar surface area (TPSA) is 35.2 Å². The molecule has 0 amide bonds. The van der Waals surface area contributed by atoms with Gasteiger partial charge in [0.1, 0.15) is 5.75 Å². The van der Waals surface area contributed by atoms with Crippen molar-refractivity contribution in [1.82, 2.24) is 0 Å². The van der Waals surface area contributed by atoms with Crippen LogP contribution in [0.3, 0.4) is 0 Å². The molecule has 2 nitrogen and oxygen atoms in total. The van der Waals surface area contributed by atoms with Gasteiger partial charge in [-0.3, -0.25) is 0 Å². The third-order valence-electron chi connectivity index (χ3n) is 3.16. The van der Waals surface area contributed by atoms with E-state index in [1.165, 1.54) is 5.56 Å². The van der Waals surface area contributed by atoms with Crippen molar-refractivity contribution in [1.29, 1.82) is 0 Å². The van der Waals surface area contributed by atoms with Crippen LogP contribution >= 0.6 is 0 Å². The smallest absolute Gasteiger partial charge is 0.122 e. The Balaban J connectivity index is 1.69. The molecule has 0 aromatic heterocycles. The highest BCUT2D eigenvalue weighted by Gasteiger charge is 1.99. The van der Waals surface area contributed by atoms with E-state index < -0.39 is 0 Å². The van der Waals surface area contributed by atoms with Crippen LogP contribution in [0.2, 0.25) is 0 Å². The van der Waals surface area contributed by atoms with Crippen molar-refractivity contribution in [3.05, 3.63) is 59.7 Å². The molecule has 0 aliphatic carbocycles.